The minimum atomic E-state index is 0.476. The van der Waals surface area contributed by atoms with Crippen LogP contribution in [0, 0.1) is 5.92 Å². The summed E-state index contributed by atoms with van der Waals surface area (Å²) in [5.41, 5.74) is 0. The van der Waals surface area contributed by atoms with Gasteiger partial charge in [0.25, 0.3) is 0 Å². The second-order valence-corrected chi connectivity index (χ2v) is 3.66. The van der Waals surface area contributed by atoms with Crippen molar-refractivity contribution in [2.24, 2.45) is 5.92 Å². The first kappa shape index (κ1) is 8.27. The van der Waals surface area contributed by atoms with Crippen LogP contribution in [0.3, 0.4) is 0 Å². The molecule has 1 aliphatic carbocycles. The van der Waals surface area contributed by atoms with Crippen molar-refractivity contribution in [1.82, 2.24) is 5.32 Å². The topological polar surface area (TPSA) is 21.3 Å². The third kappa shape index (κ3) is 1.87. The molecule has 0 aromatic rings. The Morgan fingerprint density at radius 3 is 3.00 bits per heavy atom. The third-order valence-corrected chi connectivity index (χ3v) is 2.79. The van der Waals surface area contributed by atoms with Crippen LogP contribution in [-0.2, 0) is 4.74 Å². The number of hydrogen-bond donors (Lipinski definition) is 1. The molecule has 0 aromatic carbocycles. The minimum absolute atomic E-state index is 0.476. The number of ether oxygens (including phenoxy) is 1. The van der Waals surface area contributed by atoms with Gasteiger partial charge in [-0.2, -0.15) is 0 Å². The fraction of sp³-hybridized carbons (Fsp3) is 0.800. The van der Waals surface area contributed by atoms with E-state index in [9.17, 15) is 0 Å². The molecule has 68 valence electrons. The van der Waals surface area contributed by atoms with Gasteiger partial charge in [-0.3, -0.25) is 0 Å². The molecule has 2 rings (SSSR count). The summed E-state index contributed by atoms with van der Waals surface area (Å²) >= 11 is 0. The van der Waals surface area contributed by atoms with E-state index < -0.39 is 0 Å². The maximum absolute atomic E-state index is 5.72. The lowest BCUT2D eigenvalue weighted by atomic mass is 9.89. The molecule has 0 spiro atoms. The Morgan fingerprint density at radius 1 is 1.33 bits per heavy atom. The quantitative estimate of drug-likeness (QED) is 0.595. The first-order valence-corrected chi connectivity index (χ1v) is 4.94. The van der Waals surface area contributed by atoms with Crippen LogP contribution in [0.5, 0.6) is 0 Å². The molecule has 0 amide bonds. The van der Waals surface area contributed by atoms with Crippen molar-refractivity contribution in [3.8, 4) is 0 Å². The van der Waals surface area contributed by atoms with Crippen LogP contribution in [-0.4, -0.2) is 25.8 Å². The Balaban J connectivity index is 1.85. The van der Waals surface area contributed by atoms with Crippen LogP contribution in [0.4, 0.5) is 0 Å². The number of morpholine rings is 1. The lowest BCUT2D eigenvalue weighted by Crippen LogP contribution is -2.42. The zero-order valence-electron chi connectivity index (χ0n) is 7.46. The SMILES string of the molecule is C1=CCC(C2CNCCO2)CC1. The largest absolute Gasteiger partial charge is 0.375 e. The molecule has 2 unspecified atom stereocenters. The van der Waals surface area contributed by atoms with E-state index in [1.54, 1.807) is 0 Å². The van der Waals surface area contributed by atoms with E-state index in [1.165, 1.54) is 19.3 Å². The average Bonchev–Trinajstić information content (AvgIpc) is 2.21. The smallest absolute Gasteiger partial charge is 0.0731 e. The highest BCUT2D eigenvalue weighted by Gasteiger charge is 2.23. The van der Waals surface area contributed by atoms with E-state index in [0.717, 1.165) is 25.6 Å². The molecule has 0 saturated carbocycles. The molecule has 0 radical (unpaired) electrons. The maximum Gasteiger partial charge on any atom is 0.0731 e. The van der Waals surface area contributed by atoms with Crippen molar-refractivity contribution in [3.63, 3.8) is 0 Å². The van der Waals surface area contributed by atoms with Gasteiger partial charge in [-0.15, -0.1) is 0 Å². The summed E-state index contributed by atoms with van der Waals surface area (Å²) in [6.45, 7) is 2.97. The molecular weight excluding hydrogens is 150 g/mol. The number of allylic oxidation sites excluding steroid dienone is 2. The Labute approximate surface area is 74.0 Å². The van der Waals surface area contributed by atoms with Gasteiger partial charge in [-0.25, -0.2) is 0 Å². The highest BCUT2D eigenvalue weighted by Crippen LogP contribution is 2.24. The van der Waals surface area contributed by atoms with Crippen molar-refractivity contribution in [2.75, 3.05) is 19.7 Å². The summed E-state index contributed by atoms with van der Waals surface area (Å²) in [6.07, 6.45) is 8.82. The molecule has 1 fully saturated rings. The highest BCUT2D eigenvalue weighted by atomic mass is 16.5. The lowest BCUT2D eigenvalue weighted by molar-refractivity contribution is -0.0114. The molecule has 2 atom stereocenters. The van der Waals surface area contributed by atoms with Crippen LogP contribution in [0.2, 0.25) is 0 Å². The van der Waals surface area contributed by atoms with Crippen LogP contribution in [0.1, 0.15) is 19.3 Å². The molecule has 2 heteroatoms. The predicted octanol–water partition coefficient (Wildman–Crippen LogP) is 1.33. The molecule has 2 aliphatic rings. The fourth-order valence-electron chi connectivity index (χ4n) is 2.04. The molecule has 0 aromatic heterocycles. The van der Waals surface area contributed by atoms with E-state index in [-0.39, 0.29) is 0 Å². The summed E-state index contributed by atoms with van der Waals surface area (Å²) in [4.78, 5) is 0. The summed E-state index contributed by atoms with van der Waals surface area (Å²) < 4.78 is 5.72. The zero-order chi connectivity index (χ0) is 8.23. The normalized spacial score (nSPS) is 36.7. The van der Waals surface area contributed by atoms with Crippen molar-refractivity contribution in [2.45, 2.75) is 25.4 Å². The van der Waals surface area contributed by atoms with Crippen LogP contribution in [0.25, 0.3) is 0 Å². The van der Waals surface area contributed by atoms with E-state index in [1.807, 2.05) is 0 Å². The first-order chi connectivity index (χ1) is 5.97. The molecule has 1 aliphatic heterocycles. The third-order valence-electron chi connectivity index (χ3n) is 2.79. The molecule has 2 nitrogen and oxygen atoms in total. The van der Waals surface area contributed by atoms with Crippen LogP contribution < -0.4 is 5.32 Å². The van der Waals surface area contributed by atoms with Gasteiger partial charge in [-0.05, 0) is 25.2 Å². The van der Waals surface area contributed by atoms with E-state index >= 15 is 0 Å². The van der Waals surface area contributed by atoms with E-state index in [0.29, 0.717) is 6.10 Å². The van der Waals surface area contributed by atoms with Crippen LogP contribution in [0.15, 0.2) is 12.2 Å². The monoisotopic (exact) mass is 167 g/mol. The van der Waals surface area contributed by atoms with Gasteiger partial charge in [0.05, 0.1) is 12.7 Å². The Morgan fingerprint density at radius 2 is 2.33 bits per heavy atom. The lowest BCUT2D eigenvalue weighted by Gasteiger charge is -2.31. The Hall–Kier alpha value is -0.340. The second-order valence-electron chi connectivity index (χ2n) is 3.66. The van der Waals surface area contributed by atoms with Gasteiger partial charge in [0.15, 0.2) is 0 Å². The summed E-state index contributed by atoms with van der Waals surface area (Å²) in [6, 6.07) is 0. The maximum atomic E-state index is 5.72. The van der Waals surface area contributed by atoms with Crippen molar-refractivity contribution in [1.29, 1.82) is 0 Å². The average molecular weight is 167 g/mol. The molecule has 1 N–H and O–H groups in total. The Bertz CT molecular complexity index is 161. The predicted molar refractivity (Wildman–Crippen MR) is 49.1 cm³/mol. The standard InChI is InChI=1S/C10H17NO/c1-2-4-9(5-3-1)10-8-11-6-7-12-10/h1-2,9-11H,3-8H2. The van der Waals surface area contributed by atoms with Gasteiger partial charge in [0.2, 0.25) is 0 Å². The summed E-state index contributed by atoms with van der Waals surface area (Å²) in [5.74, 6) is 0.766. The molecule has 0 bridgehead atoms. The van der Waals surface area contributed by atoms with Gasteiger partial charge in [-0.1, -0.05) is 12.2 Å². The van der Waals surface area contributed by atoms with Gasteiger partial charge >= 0.3 is 0 Å². The number of hydrogen-bond acceptors (Lipinski definition) is 2. The molecular formula is C10H17NO. The highest BCUT2D eigenvalue weighted by molar-refractivity contribution is 4.93. The van der Waals surface area contributed by atoms with Crippen molar-refractivity contribution < 1.29 is 4.74 Å². The molecule has 12 heavy (non-hydrogen) atoms. The fourth-order valence-corrected chi connectivity index (χ4v) is 2.04. The molecule has 1 heterocycles. The number of rotatable bonds is 1. The number of nitrogens with one attached hydrogen (secondary N) is 1. The summed E-state index contributed by atoms with van der Waals surface area (Å²) in [7, 11) is 0. The second kappa shape index (κ2) is 4.06. The van der Waals surface area contributed by atoms with Gasteiger partial charge in [0, 0.05) is 13.1 Å². The zero-order valence-corrected chi connectivity index (χ0v) is 7.46. The van der Waals surface area contributed by atoms with Crippen molar-refractivity contribution >= 4 is 0 Å². The van der Waals surface area contributed by atoms with Crippen molar-refractivity contribution in [3.05, 3.63) is 12.2 Å². The first-order valence-electron chi connectivity index (χ1n) is 4.94. The minimum Gasteiger partial charge on any atom is -0.375 e. The van der Waals surface area contributed by atoms with Crippen LogP contribution >= 0.6 is 0 Å². The van der Waals surface area contributed by atoms with E-state index in [2.05, 4.69) is 17.5 Å². The summed E-state index contributed by atoms with van der Waals surface area (Å²) in [5, 5.41) is 3.38. The van der Waals surface area contributed by atoms with Gasteiger partial charge in [0.1, 0.15) is 0 Å². The van der Waals surface area contributed by atoms with E-state index in [4.69, 9.17) is 4.74 Å². The Kier molecular flexibility index (Phi) is 2.79. The molecule has 1 saturated heterocycles. The van der Waals surface area contributed by atoms with Gasteiger partial charge < -0.3 is 10.1 Å².